The molecule has 0 spiro atoms. The minimum atomic E-state index is -4.55. The molecule has 6 rings (SSSR count). The lowest BCUT2D eigenvalue weighted by Gasteiger charge is -2.14. The van der Waals surface area contributed by atoms with E-state index in [4.69, 9.17) is 4.74 Å². The maximum atomic E-state index is 13.9. The fourth-order valence-corrected chi connectivity index (χ4v) is 4.54. The summed E-state index contributed by atoms with van der Waals surface area (Å²) in [5.74, 6) is 0.760. The zero-order chi connectivity index (χ0) is 26.4. The first-order valence-corrected chi connectivity index (χ1v) is 11.9. The van der Waals surface area contributed by atoms with E-state index < -0.39 is 11.7 Å². The van der Waals surface area contributed by atoms with Gasteiger partial charge in [0, 0.05) is 35.4 Å². The minimum absolute atomic E-state index is 0.0513. The van der Waals surface area contributed by atoms with E-state index in [1.165, 1.54) is 0 Å². The Balaban J connectivity index is 1.55. The number of ether oxygens (including phenoxy) is 1. The molecule has 0 unspecified atom stereocenters. The number of aromatic nitrogens is 4. The topological polar surface area (TPSA) is 52.8 Å². The molecule has 3 aromatic heterocycles. The number of halogens is 3. The van der Waals surface area contributed by atoms with Crippen molar-refractivity contribution < 1.29 is 17.9 Å². The molecule has 0 aliphatic carbocycles. The summed E-state index contributed by atoms with van der Waals surface area (Å²) in [7, 11) is 0. The van der Waals surface area contributed by atoms with E-state index in [1.807, 2.05) is 60.9 Å². The highest BCUT2D eigenvalue weighted by atomic mass is 19.4. The van der Waals surface area contributed by atoms with Gasteiger partial charge in [-0.15, -0.1) is 0 Å². The Kier molecular flexibility index (Phi) is 5.60. The standard InChI is InChI=1S/C30H21F3N4O/c1-18-9-10-34-28(11-18)38-23-13-21(12-22(15-23)30(31,32)33)20-7-8-25-24-5-3-4-6-26(24)37(27(25)14-20)29-35-16-19(2)17-36-29/h3-17H,1-2H3. The summed E-state index contributed by atoms with van der Waals surface area (Å²) in [5, 5.41) is 1.94. The summed E-state index contributed by atoms with van der Waals surface area (Å²) in [6, 6.07) is 20.6. The van der Waals surface area contributed by atoms with Crippen LogP contribution in [0.4, 0.5) is 13.2 Å². The van der Waals surface area contributed by atoms with E-state index in [2.05, 4.69) is 15.0 Å². The van der Waals surface area contributed by atoms with Crippen molar-refractivity contribution in [1.82, 2.24) is 19.5 Å². The Morgan fingerprint density at radius 3 is 2.24 bits per heavy atom. The van der Waals surface area contributed by atoms with Crippen molar-refractivity contribution in [3.8, 4) is 28.7 Å². The number of fused-ring (bicyclic) bond motifs is 3. The number of benzene rings is 3. The number of para-hydroxylation sites is 1. The smallest absolute Gasteiger partial charge is 0.416 e. The summed E-state index contributed by atoms with van der Waals surface area (Å²) in [6.07, 6.45) is 0.479. The molecule has 0 atom stereocenters. The van der Waals surface area contributed by atoms with Crippen LogP contribution in [0, 0.1) is 13.8 Å². The molecule has 0 saturated heterocycles. The van der Waals surface area contributed by atoms with E-state index in [1.54, 1.807) is 36.8 Å². The lowest BCUT2D eigenvalue weighted by Crippen LogP contribution is -2.05. The van der Waals surface area contributed by atoms with Crippen molar-refractivity contribution in [2.24, 2.45) is 0 Å². The summed E-state index contributed by atoms with van der Waals surface area (Å²) >= 11 is 0. The average Bonchev–Trinajstić information content (AvgIpc) is 3.22. The second-order valence-electron chi connectivity index (χ2n) is 9.16. The first kappa shape index (κ1) is 23.7. The highest BCUT2D eigenvalue weighted by Gasteiger charge is 2.32. The third-order valence-electron chi connectivity index (χ3n) is 6.32. The summed E-state index contributed by atoms with van der Waals surface area (Å²) < 4.78 is 49.3. The van der Waals surface area contributed by atoms with Gasteiger partial charge < -0.3 is 4.74 Å². The molecule has 0 amide bonds. The van der Waals surface area contributed by atoms with Gasteiger partial charge in [0.25, 0.3) is 0 Å². The van der Waals surface area contributed by atoms with Gasteiger partial charge in [-0.25, -0.2) is 15.0 Å². The van der Waals surface area contributed by atoms with Crippen molar-refractivity contribution >= 4 is 21.8 Å². The third-order valence-corrected chi connectivity index (χ3v) is 6.32. The van der Waals surface area contributed by atoms with Crippen LogP contribution in [-0.4, -0.2) is 19.5 Å². The molecule has 3 aromatic carbocycles. The van der Waals surface area contributed by atoms with E-state index in [-0.39, 0.29) is 11.6 Å². The summed E-state index contributed by atoms with van der Waals surface area (Å²) in [5.41, 5.74) is 3.66. The fraction of sp³-hybridized carbons (Fsp3) is 0.100. The average molecular weight is 511 g/mol. The predicted molar refractivity (Wildman–Crippen MR) is 141 cm³/mol. The minimum Gasteiger partial charge on any atom is -0.439 e. The van der Waals surface area contributed by atoms with Crippen LogP contribution in [0.3, 0.4) is 0 Å². The van der Waals surface area contributed by atoms with Crippen LogP contribution in [0.2, 0.25) is 0 Å². The van der Waals surface area contributed by atoms with Gasteiger partial charge in [0.15, 0.2) is 0 Å². The van der Waals surface area contributed by atoms with Crippen molar-refractivity contribution in [3.63, 3.8) is 0 Å². The molecule has 0 bridgehead atoms. The zero-order valence-corrected chi connectivity index (χ0v) is 20.5. The lowest BCUT2D eigenvalue weighted by molar-refractivity contribution is -0.137. The summed E-state index contributed by atoms with van der Waals surface area (Å²) in [4.78, 5) is 13.2. The predicted octanol–water partition coefficient (Wildman–Crippen LogP) is 8.06. The molecule has 188 valence electrons. The maximum Gasteiger partial charge on any atom is 0.416 e. The van der Waals surface area contributed by atoms with Gasteiger partial charge in [0.05, 0.1) is 16.6 Å². The Labute approximate surface area is 216 Å². The first-order valence-electron chi connectivity index (χ1n) is 11.9. The number of alkyl halides is 3. The number of hydrogen-bond acceptors (Lipinski definition) is 4. The van der Waals surface area contributed by atoms with Gasteiger partial charge in [-0.3, -0.25) is 4.57 Å². The molecule has 6 aromatic rings. The van der Waals surface area contributed by atoms with Crippen LogP contribution >= 0.6 is 0 Å². The normalized spacial score (nSPS) is 11.8. The molecule has 0 aliphatic rings. The van der Waals surface area contributed by atoms with Crippen molar-refractivity contribution in [2.75, 3.05) is 0 Å². The second-order valence-corrected chi connectivity index (χ2v) is 9.16. The molecule has 8 heteroatoms. The molecule has 5 nitrogen and oxygen atoms in total. The lowest BCUT2D eigenvalue weighted by atomic mass is 10.0. The van der Waals surface area contributed by atoms with E-state index in [0.717, 1.165) is 45.1 Å². The van der Waals surface area contributed by atoms with Crippen LogP contribution in [0.15, 0.2) is 91.4 Å². The largest absolute Gasteiger partial charge is 0.439 e. The van der Waals surface area contributed by atoms with E-state index in [9.17, 15) is 13.2 Å². The van der Waals surface area contributed by atoms with Crippen molar-refractivity contribution in [3.05, 3.63) is 108 Å². The molecule has 0 fully saturated rings. The summed E-state index contributed by atoms with van der Waals surface area (Å²) in [6.45, 7) is 3.77. The van der Waals surface area contributed by atoms with Gasteiger partial charge in [-0.1, -0.05) is 30.3 Å². The second kappa shape index (κ2) is 8.99. The number of pyridine rings is 1. The fourth-order valence-electron chi connectivity index (χ4n) is 4.54. The molecule has 38 heavy (non-hydrogen) atoms. The van der Waals surface area contributed by atoms with Gasteiger partial charge in [0.2, 0.25) is 11.8 Å². The third kappa shape index (κ3) is 4.34. The Bertz CT molecular complexity index is 1810. The quantitative estimate of drug-likeness (QED) is 0.241. The number of rotatable bonds is 4. The molecule has 0 aliphatic heterocycles. The molecule has 3 heterocycles. The number of nitrogens with zero attached hydrogens (tertiary/aromatic N) is 4. The molecule has 0 radical (unpaired) electrons. The highest BCUT2D eigenvalue weighted by Crippen LogP contribution is 2.39. The van der Waals surface area contributed by atoms with Crippen molar-refractivity contribution in [2.45, 2.75) is 20.0 Å². The number of aryl methyl sites for hydroxylation is 2. The Morgan fingerprint density at radius 2 is 1.47 bits per heavy atom. The van der Waals surface area contributed by atoms with E-state index >= 15 is 0 Å². The molecule has 0 saturated carbocycles. The molecular weight excluding hydrogens is 489 g/mol. The number of hydrogen-bond donors (Lipinski definition) is 0. The van der Waals surface area contributed by atoms with Crippen LogP contribution in [0.25, 0.3) is 38.9 Å². The van der Waals surface area contributed by atoms with E-state index in [0.29, 0.717) is 17.1 Å². The maximum absolute atomic E-state index is 13.9. The SMILES string of the molecule is Cc1cnc(-n2c3ccccc3c3ccc(-c4cc(Oc5cc(C)ccn5)cc(C(F)(F)F)c4)cc32)nc1. The monoisotopic (exact) mass is 510 g/mol. The molecule has 0 N–H and O–H groups in total. The van der Waals surface area contributed by atoms with Gasteiger partial charge in [-0.2, -0.15) is 13.2 Å². The van der Waals surface area contributed by atoms with Crippen LogP contribution in [-0.2, 0) is 6.18 Å². The van der Waals surface area contributed by atoms with Crippen LogP contribution in [0.1, 0.15) is 16.7 Å². The Hall–Kier alpha value is -4.72. The van der Waals surface area contributed by atoms with Crippen LogP contribution in [0.5, 0.6) is 11.6 Å². The highest BCUT2D eigenvalue weighted by molar-refractivity contribution is 6.10. The Morgan fingerprint density at radius 1 is 0.711 bits per heavy atom. The zero-order valence-electron chi connectivity index (χ0n) is 20.5. The van der Waals surface area contributed by atoms with Gasteiger partial charge in [-0.05, 0) is 72.5 Å². The van der Waals surface area contributed by atoms with Gasteiger partial charge >= 0.3 is 6.18 Å². The molecular formula is C30H21F3N4O. The van der Waals surface area contributed by atoms with Crippen molar-refractivity contribution in [1.29, 1.82) is 0 Å². The van der Waals surface area contributed by atoms with Gasteiger partial charge in [0.1, 0.15) is 5.75 Å². The van der Waals surface area contributed by atoms with Crippen LogP contribution < -0.4 is 4.74 Å². The first-order chi connectivity index (χ1) is 18.3.